The predicted octanol–water partition coefficient (Wildman–Crippen LogP) is 5.31. The van der Waals surface area contributed by atoms with Crippen molar-refractivity contribution < 1.29 is 70.7 Å². The Morgan fingerprint density at radius 1 is 0.588 bits per heavy atom. The van der Waals surface area contributed by atoms with E-state index in [-0.39, 0.29) is 94.9 Å². The van der Waals surface area contributed by atoms with E-state index >= 15 is 14.4 Å². The molecule has 0 aromatic rings. The third-order valence-electron chi connectivity index (χ3n) is 21.8. The number of nitrogens with one attached hydrogen (secondary N) is 3. The van der Waals surface area contributed by atoms with E-state index in [9.17, 15) is 56.3 Å². The van der Waals surface area contributed by atoms with E-state index in [2.05, 4.69) is 16.0 Å². The van der Waals surface area contributed by atoms with Gasteiger partial charge in [-0.05, 0) is 120 Å². The number of fused-ring (bicyclic) bond motifs is 1. The van der Waals surface area contributed by atoms with Gasteiger partial charge in [-0.1, -0.05) is 86.0 Å². The van der Waals surface area contributed by atoms with E-state index in [0.29, 0.717) is 51.6 Å². The van der Waals surface area contributed by atoms with Crippen molar-refractivity contribution in [2.75, 3.05) is 88.6 Å². The maximum absolute atomic E-state index is 15.3. The van der Waals surface area contributed by atoms with Crippen molar-refractivity contribution in [1.82, 2.24) is 60.0 Å². The van der Waals surface area contributed by atoms with E-state index in [1.807, 2.05) is 20.8 Å². The first-order valence-electron chi connectivity index (χ1n) is 35.7. The zero-order valence-electron chi connectivity index (χ0n) is 59.7. The number of carbonyl (C=O) groups excluding carboxylic acids is 12. The molecule has 28 heteroatoms. The van der Waals surface area contributed by atoms with Gasteiger partial charge in [0.1, 0.15) is 47.8 Å². The van der Waals surface area contributed by atoms with Crippen LogP contribution in [0.3, 0.4) is 0 Å². The number of amides is 12. The van der Waals surface area contributed by atoms with Gasteiger partial charge in [-0.25, -0.2) is 0 Å². The highest BCUT2D eigenvalue weighted by atomic mass is 35.5. The molecular weight excluding hydrogens is 1280 g/mol. The highest BCUT2D eigenvalue weighted by molar-refractivity contribution is 6.21. The molecule has 1 spiro atoms. The molecule has 548 valence electrons. The number of likely N-dealkylation sites (tertiary alicyclic amines) is 1. The molecule has 3 aliphatic heterocycles. The van der Waals surface area contributed by atoms with Gasteiger partial charge in [-0.15, -0.1) is 11.6 Å². The zero-order valence-corrected chi connectivity index (χ0v) is 60.4. The average Bonchev–Trinajstić information content (AvgIpc) is 1.74. The quantitative estimate of drug-likeness (QED) is 0.222. The molecule has 3 saturated carbocycles. The molecule has 6 fully saturated rings. The van der Waals surface area contributed by atoms with Gasteiger partial charge in [0, 0.05) is 74.3 Å². The first kappa shape index (κ1) is 79.7. The number of hydrogen-bond donors (Lipinski definition) is 3. The Labute approximate surface area is 577 Å². The molecule has 0 bridgehead atoms. The molecule has 3 saturated heterocycles. The number of carbonyl (C=O) groups is 12. The molecular formula is C69H112ClF3N12O12. The summed E-state index contributed by atoms with van der Waals surface area (Å²) in [5.41, 5.74) is -1.55. The summed E-state index contributed by atoms with van der Waals surface area (Å²) in [5, 5.41) is 7.52. The smallest absolute Gasteiger partial charge is 0.343 e. The number of nitrogens with zero attached hydrogens (tertiary/aromatic N) is 9. The zero-order chi connectivity index (χ0) is 72.0. The average molecular weight is 1390 g/mol. The molecule has 97 heavy (non-hydrogen) atoms. The van der Waals surface area contributed by atoms with Crippen LogP contribution in [0.4, 0.5) is 13.2 Å². The summed E-state index contributed by atoms with van der Waals surface area (Å²) in [7, 11) is 9.91. The van der Waals surface area contributed by atoms with E-state index in [4.69, 9.17) is 11.6 Å². The van der Waals surface area contributed by atoms with Gasteiger partial charge in [-0.3, -0.25) is 57.5 Å². The van der Waals surface area contributed by atoms with Crippen molar-refractivity contribution in [3.8, 4) is 0 Å². The van der Waals surface area contributed by atoms with Gasteiger partial charge < -0.3 is 60.0 Å². The topological polar surface area (TPSA) is 270 Å². The fourth-order valence-corrected chi connectivity index (χ4v) is 15.9. The first-order chi connectivity index (χ1) is 45.7. The van der Waals surface area contributed by atoms with Crippen LogP contribution < -0.4 is 16.0 Å². The molecule has 3 unspecified atom stereocenters. The van der Waals surface area contributed by atoms with Gasteiger partial charge in [0.15, 0.2) is 0 Å². The standard InChI is InChI=1S/C69H112ClF3N12O12/c1-13-44(5)59-66(96)79(8)41-57(88)77(6)42-58(89)81(10)53(38-45-24-17-15-18-25-45)63(93)78(7)40-55(86)74-49(30-28-46-27-29-47(48(70)37-46)69(71,72)73)62(92)85-35-23-26-51(85)61(91)76-68(31-19-20-32-68)67(97)83(12)50(14-2)64(94)82(11)54(65(95)84-33-21-16-22-34-84)39-56(87)80(9)52(36-43(3)4)60(90)75-59/h43-54,59H,13-42H2,1-12H3,(H,74,86)(H,75,90)(H,76,91)/t44-,46?,47?,48?,49-,50-,51-,52-,53-,54-,59-/m0/s1. The summed E-state index contributed by atoms with van der Waals surface area (Å²) < 4.78 is 41.9. The molecule has 3 N–H and O–H groups in total. The van der Waals surface area contributed by atoms with Crippen LogP contribution in [0.2, 0.25) is 0 Å². The van der Waals surface area contributed by atoms with Crippen molar-refractivity contribution in [3.05, 3.63) is 0 Å². The second-order valence-corrected chi connectivity index (χ2v) is 29.9. The fraction of sp³-hybridized carbons (Fsp3) is 0.826. The number of alkyl halides is 4. The second kappa shape index (κ2) is 35.7. The maximum Gasteiger partial charge on any atom is 0.393 e. The molecule has 3 aliphatic carbocycles. The van der Waals surface area contributed by atoms with E-state index in [0.717, 1.165) is 53.2 Å². The minimum Gasteiger partial charge on any atom is -0.343 e. The van der Waals surface area contributed by atoms with Crippen molar-refractivity contribution in [2.45, 2.75) is 248 Å². The summed E-state index contributed by atoms with van der Waals surface area (Å²) in [6, 6.07) is -8.57. The van der Waals surface area contributed by atoms with E-state index in [1.54, 1.807) is 18.7 Å². The number of likely N-dealkylation sites (N-methyl/N-ethyl adjacent to an activating group) is 7. The lowest BCUT2D eigenvalue weighted by Crippen LogP contribution is -2.64. The van der Waals surface area contributed by atoms with Crippen LogP contribution >= 0.6 is 11.6 Å². The molecule has 3 heterocycles. The molecule has 0 aromatic carbocycles. The van der Waals surface area contributed by atoms with Crippen LogP contribution in [0.1, 0.15) is 189 Å². The van der Waals surface area contributed by atoms with Crippen LogP contribution in [0.25, 0.3) is 0 Å². The lowest BCUT2D eigenvalue weighted by Gasteiger charge is -2.40. The van der Waals surface area contributed by atoms with Crippen LogP contribution in [0, 0.1) is 29.6 Å². The monoisotopic (exact) mass is 1390 g/mol. The Balaban J connectivity index is 1.39. The highest BCUT2D eigenvalue weighted by Crippen LogP contribution is 2.44. The molecule has 0 radical (unpaired) electrons. The first-order valence-corrected chi connectivity index (χ1v) is 36.1. The number of hydrogen-bond acceptors (Lipinski definition) is 12. The minimum absolute atomic E-state index is 0.000420. The van der Waals surface area contributed by atoms with Crippen molar-refractivity contribution in [1.29, 1.82) is 0 Å². The Kier molecular flexibility index (Phi) is 29.3. The number of halogens is 4. The summed E-state index contributed by atoms with van der Waals surface area (Å²) in [6.07, 6.45) is 4.37. The SMILES string of the molecule is CC[C@H](C)[C@@H]1NC(=O)[C@H](CC(C)C)N(C)C(=O)C[C@@H](C(=O)N2CCCCC2)N(C)C(=O)[C@H](CC)N(C)C(=O)C2(CCCC2)NC(=O)[C@@H]2CCCN2C(=O)[C@H](CCC2CCC(C(F)(F)F)C(Cl)C2)NC(=O)CN(C)C(=O)[C@H](CC2CCCCC2)N(C)C(=O)CN(C)C(=O)CN(C)C1=O. The van der Waals surface area contributed by atoms with Crippen LogP contribution in [0.15, 0.2) is 0 Å². The Morgan fingerprint density at radius 2 is 1.20 bits per heavy atom. The molecule has 6 aliphatic rings. The summed E-state index contributed by atoms with van der Waals surface area (Å²) in [6.45, 7) is 8.21. The summed E-state index contributed by atoms with van der Waals surface area (Å²) in [4.78, 5) is 189. The van der Waals surface area contributed by atoms with Crippen LogP contribution in [0.5, 0.6) is 0 Å². The van der Waals surface area contributed by atoms with E-state index < -0.39 is 168 Å². The predicted molar refractivity (Wildman–Crippen MR) is 358 cm³/mol. The lowest BCUT2D eigenvalue weighted by molar-refractivity contribution is -0.182. The third-order valence-corrected chi connectivity index (χ3v) is 22.3. The van der Waals surface area contributed by atoms with Gasteiger partial charge in [-0.2, -0.15) is 13.2 Å². The summed E-state index contributed by atoms with van der Waals surface area (Å²) in [5.74, 6) is -10.3. The van der Waals surface area contributed by atoms with Crippen molar-refractivity contribution >= 4 is 82.5 Å². The molecule has 24 nitrogen and oxygen atoms in total. The van der Waals surface area contributed by atoms with Gasteiger partial charge in [0.2, 0.25) is 70.9 Å². The normalized spacial score (nSPS) is 29.5. The third kappa shape index (κ3) is 20.5. The molecule has 11 atom stereocenters. The summed E-state index contributed by atoms with van der Waals surface area (Å²) >= 11 is 6.38. The Hall–Kier alpha value is -6.28. The number of piperidine rings is 1. The second-order valence-electron chi connectivity index (χ2n) is 29.3. The van der Waals surface area contributed by atoms with Crippen LogP contribution in [-0.2, 0) is 57.5 Å². The Bertz CT molecular complexity index is 2800. The van der Waals surface area contributed by atoms with Crippen molar-refractivity contribution in [3.63, 3.8) is 0 Å². The van der Waals surface area contributed by atoms with Gasteiger partial charge in [0.05, 0.1) is 32.0 Å². The van der Waals surface area contributed by atoms with Gasteiger partial charge in [0.25, 0.3) is 0 Å². The van der Waals surface area contributed by atoms with Crippen LogP contribution in [-0.4, -0.2) is 263 Å². The largest absolute Gasteiger partial charge is 0.393 e. The lowest BCUT2D eigenvalue weighted by atomic mass is 9.78. The van der Waals surface area contributed by atoms with E-state index in [1.165, 1.54) is 73.8 Å². The minimum atomic E-state index is -4.51. The number of rotatable bonds is 11. The Morgan fingerprint density at radius 3 is 1.79 bits per heavy atom. The van der Waals surface area contributed by atoms with Gasteiger partial charge >= 0.3 is 6.18 Å². The molecule has 6 rings (SSSR count). The fourth-order valence-electron chi connectivity index (χ4n) is 15.3. The maximum atomic E-state index is 15.3. The highest BCUT2D eigenvalue weighted by Gasteiger charge is 2.51. The molecule has 12 amide bonds. The van der Waals surface area contributed by atoms with Crippen molar-refractivity contribution in [2.24, 2.45) is 29.6 Å². The molecule has 0 aromatic heterocycles.